The van der Waals surface area contributed by atoms with Crippen molar-refractivity contribution >= 4 is 0 Å². The van der Waals surface area contributed by atoms with Gasteiger partial charge in [-0.05, 0) is 49.1 Å². The van der Waals surface area contributed by atoms with Crippen LogP contribution in [0.15, 0.2) is 18.2 Å². The van der Waals surface area contributed by atoms with E-state index in [9.17, 15) is 4.39 Å². The second-order valence-electron chi connectivity index (χ2n) is 4.80. The highest BCUT2D eigenvalue weighted by Crippen LogP contribution is 2.22. The summed E-state index contributed by atoms with van der Waals surface area (Å²) in [4.78, 5) is 0. The van der Waals surface area contributed by atoms with Crippen LogP contribution in [0, 0.1) is 12.7 Å². The fraction of sp³-hybridized carbons (Fsp3) is 0.571. The third-order valence-corrected chi connectivity index (χ3v) is 2.89. The fourth-order valence-electron chi connectivity index (χ4n) is 1.94. The molecule has 1 atom stereocenters. The maximum Gasteiger partial charge on any atom is 0.123 e. The number of aryl methyl sites for hydroxylation is 1. The van der Waals surface area contributed by atoms with Gasteiger partial charge in [0.05, 0.1) is 0 Å². The minimum Gasteiger partial charge on any atom is -0.315 e. The van der Waals surface area contributed by atoms with Crippen LogP contribution in [0.1, 0.15) is 44.2 Å². The number of nitrogens with one attached hydrogen (secondary N) is 1. The maximum absolute atomic E-state index is 13.0. The Morgan fingerprint density at radius 3 is 2.50 bits per heavy atom. The summed E-state index contributed by atoms with van der Waals surface area (Å²) in [6.45, 7) is 9.48. The van der Waals surface area contributed by atoms with E-state index < -0.39 is 0 Å². The zero-order chi connectivity index (χ0) is 12.1. The third-order valence-electron chi connectivity index (χ3n) is 2.89. The summed E-state index contributed by atoms with van der Waals surface area (Å²) in [6, 6.07) is 5.60. The lowest BCUT2D eigenvalue weighted by molar-refractivity contribution is 0.539. The van der Waals surface area contributed by atoms with Crippen molar-refractivity contribution in [3.05, 3.63) is 35.1 Å². The van der Waals surface area contributed by atoms with Crippen molar-refractivity contribution in [3.8, 4) is 0 Å². The van der Waals surface area contributed by atoms with Crippen molar-refractivity contribution in [2.24, 2.45) is 0 Å². The van der Waals surface area contributed by atoms with Crippen molar-refractivity contribution in [2.45, 2.75) is 46.1 Å². The van der Waals surface area contributed by atoms with E-state index in [-0.39, 0.29) is 5.82 Å². The molecule has 0 aliphatic rings. The van der Waals surface area contributed by atoms with Crippen molar-refractivity contribution in [3.63, 3.8) is 0 Å². The van der Waals surface area contributed by atoms with Crippen LogP contribution in [-0.4, -0.2) is 12.6 Å². The first-order valence-electron chi connectivity index (χ1n) is 6.00. The molecule has 0 fully saturated rings. The number of halogens is 1. The van der Waals surface area contributed by atoms with Gasteiger partial charge in [0.15, 0.2) is 0 Å². The number of hydrogen-bond donors (Lipinski definition) is 1. The van der Waals surface area contributed by atoms with E-state index in [1.165, 1.54) is 5.56 Å². The van der Waals surface area contributed by atoms with Crippen LogP contribution in [0.5, 0.6) is 0 Å². The maximum atomic E-state index is 13.0. The summed E-state index contributed by atoms with van der Waals surface area (Å²) in [5.74, 6) is 0.334. The van der Waals surface area contributed by atoms with Gasteiger partial charge in [-0.1, -0.05) is 26.8 Å². The Kier molecular flexibility index (Phi) is 4.94. The number of benzene rings is 1. The van der Waals surface area contributed by atoms with E-state index in [4.69, 9.17) is 0 Å². The molecule has 2 heteroatoms. The van der Waals surface area contributed by atoms with E-state index in [0.717, 1.165) is 18.5 Å². The van der Waals surface area contributed by atoms with Gasteiger partial charge in [-0.25, -0.2) is 4.39 Å². The molecule has 1 unspecified atom stereocenters. The molecular weight excluding hydrogens is 201 g/mol. The average Bonchev–Trinajstić information content (AvgIpc) is 2.16. The van der Waals surface area contributed by atoms with E-state index in [1.807, 2.05) is 13.0 Å². The lowest BCUT2D eigenvalue weighted by Gasteiger charge is -2.16. The van der Waals surface area contributed by atoms with E-state index >= 15 is 0 Å². The first-order chi connectivity index (χ1) is 7.50. The first kappa shape index (κ1) is 13.2. The van der Waals surface area contributed by atoms with E-state index in [2.05, 4.69) is 26.1 Å². The van der Waals surface area contributed by atoms with Crippen LogP contribution in [0.3, 0.4) is 0 Å². The van der Waals surface area contributed by atoms with Crippen molar-refractivity contribution in [1.29, 1.82) is 0 Å². The average molecular weight is 223 g/mol. The van der Waals surface area contributed by atoms with Gasteiger partial charge in [0.25, 0.3) is 0 Å². The van der Waals surface area contributed by atoms with Gasteiger partial charge < -0.3 is 5.32 Å². The summed E-state index contributed by atoms with van der Waals surface area (Å²) in [5, 5.41) is 3.40. The molecule has 90 valence electrons. The standard InChI is InChI=1S/C14H22FN/c1-10(2)16-8-7-11(3)14-6-5-13(15)9-12(14)4/h5-6,9-11,16H,7-8H2,1-4H3. The van der Waals surface area contributed by atoms with Crippen LogP contribution >= 0.6 is 0 Å². The summed E-state index contributed by atoms with van der Waals surface area (Å²) < 4.78 is 13.0. The predicted octanol–water partition coefficient (Wildman–Crippen LogP) is 3.63. The Hall–Kier alpha value is -0.890. The Balaban J connectivity index is 2.55. The SMILES string of the molecule is Cc1cc(F)ccc1C(C)CCNC(C)C. The molecule has 1 aromatic carbocycles. The Labute approximate surface area is 98.1 Å². The molecule has 1 nitrogen and oxygen atoms in total. The quantitative estimate of drug-likeness (QED) is 0.804. The minimum atomic E-state index is -0.145. The molecule has 0 aliphatic carbocycles. The van der Waals surface area contributed by atoms with Gasteiger partial charge in [0, 0.05) is 6.04 Å². The molecule has 0 spiro atoms. The number of rotatable bonds is 5. The molecule has 0 radical (unpaired) electrons. The van der Waals surface area contributed by atoms with Gasteiger partial charge in [-0.2, -0.15) is 0 Å². The van der Waals surface area contributed by atoms with Crippen LogP contribution in [0.2, 0.25) is 0 Å². The molecule has 1 aromatic rings. The summed E-state index contributed by atoms with van der Waals surface area (Å²) >= 11 is 0. The zero-order valence-electron chi connectivity index (χ0n) is 10.7. The van der Waals surface area contributed by atoms with Crippen LogP contribution in [0.25, 0.3) is 0 Å². The van der Waals surface area contributed by atoms with Gasteiger partial charge in [-0.15, -0.1) is 0 Å². The molecule has 16 heavy (non-hydrogen) atoms. The highest BCUT2D eigenvalue weighted by atomic mass is 19.1. The summed E-state index contributed by atoms with van der Waals surface area (Å²) in [6.07, 6.45) is 1.09. The molecule has 1 N–H and O–H groups in total. The van der Waals surface area contributed by atoms with Gasteiger partial charge >= 0.3 is 0 Å². The van der Waals surface area contributed by atoms with Gasteiger partial charge in [0.2, 0.25) is 0 Å². The molecule has 0 saturated heterocycles. The molecule has 1 rings (SSSR count). The normalized spacial score (nSPS) is 13.1. The Morgan fingerprint density at radius 2 is 1.94 bits per heavy atom. The summed E-state index contributed by atoms with van der Waals surface area (Å²) in [7, 11) is 0. The highest BCUT2D eigenvalue weighted by molar-refractivity contribution is 5.29. The highest BCUT2D eigenvalue weighted by Gasteiger charge is 2.08. The molecular formula is C14H22FN. The third kappa shape index (κ3) is 3.93. The summed E-state index contributed by atoms with van der Waals surface area (Å²) in [5.41, 5.74) is 2.31. The van der Waals surface area contributed by atoms with Crippen LogP contribution < -0.4 is 5.32 Å². The Morgan fingerprint density at radius 1 is 1.25 bits per heavy atom. The van der Waals surface area contributed by atoms with Crippen molar-refractivity contribution < 1.29 is 4.39 Å². The second-order valence-corrected chi connectivity index (χ2v) is 4.80. The van der Waals surface area contributed by atoms with Crippen LogP contribution in [0.4, 0.5) is 4.39 Å². The Bertz CT molecular complexity index is 334. The monoisotopic (exact) mass is 223 g/mol. The van der Waals surface area contributed by atoms with Gasteiger partial charge in [0.1, 0.15) is 5.82 Å². The molecule has 0 aromatic heterocycles. The zero-order valence-corrected chi connectivity index (χ0v) is 10.7. The first-order valence-corrected chi connectivity index (χ1v) is 6.00. The fourth-order valence-corrected chi connectivity index (χ4v) is 1.94. The second kappa shape index (κ2) is 6.00. The molecule has 0 aliphatic heterocycles. The lowest BCUT2D eigenvalue weighted by Crippen LogP contribution is -2.24. The molecule has 0 saturated carbocycles. The van der Waals surface area contributed by atoms with E-state index in [1.54, 1.807) is 12.1 Å². The van der Waals surface area contributed by atoms with Crippen molar-refractivity contribution in [2.75, 3.05) is 6.54 Å². The molecule has 0 heterocycles. The van der Waals surface area contributed by atoms with Gasteiger partial charge in [-0.3, -0.25) is 0 Å². The topological polar surface area (TPSA) is 12.0 Å². The predicted molar refractivity (Wildman–Crippen MR) is 67.3 cm³/mol. The lowest BCUT2D eigenvalue weighted by atomic mass is 9.93. The number of hydrogen-bond acceptors (Lipinski definition) is 1. The smallest absolute Gasteiger partial charge is 0.123 e. The van der Waals surface area contributed by atoms with E-state index in [0.29, 0.717) is 12.0 Å². The minimum absolute atomic E-state index is 0.145. The molecule has 0 amide bonds. The largest absolute Gasteiger partial charge is 0.315 e. The molecule has 0 bridgehead atoms. The van der Waals surface area contributed by atoms with Crippen molar-refractivity contribution in [1.82, 2.24) is 5.32 Å². The van der Waals surface area contributed by atoms with Crippen LogP contribution in [-0.2, 0) is 0 Å².